The van der Waals surface area contributed by atoms with Crippen LogP contribution < -0.4 is 4.90 Å². The van der Waals surface area contributed by atoms with Crippen LogP contribution in [0.5, 0.6) is 0 Å². The summed E-state index contributed by atoms with van der Waals surface area (Å²) in [6, 6.07) is 75.8. The molecule has 4 heterocycles. The highest BCUT2D eigenvalue weighted by Crippen LogP contribution is 2.57. The average Bonchev–Trinajstić information content (AvgIpc) is 3.97. The van der Waals surface area contributed by atoms with Crippen molar-refractivity contribution in [3.05, 3.63) is 241 Å². The van der Waals surface area contributed by atoms with Crippen molar-refractivity contribution in [2.45, 2.75) is 12.0 Å². The first-order chi connectivity index (χ1) is 34.7. The van der Waals surface area contributed by atoms with Gasteiger partial charge in [0.05, 0.1) is 17.3 Å². The minimum absolute atomic E-state index is 0.0421. The van der Waals surface area contributed by atoms with Crippen LogP contribution in [0.2, 0.25) is 0 Å². The van der Waals surface area contributed by atoms with Gasteiger partial charge in [-0.2, -0.15) is 9.97 Å². The normalized spacial score (nSPS) is 14.8. The molecule has 0 N–H and O–H groups in total. The number of anilines is 2. The average molecular weight is 897 g/mol. The maximum absolute atomic E-state index is 5.46. The van der Waals surface area contributed by atoms with Crippen LogP contribution in [0.15, 0.2) is 224 Å². The molecule has 1 aliphatic carbocycles. The number of hydrogen-bond donors (Lipinski definition) is 0. The van der Waals surface area contributed by atoms with E-state index in [1.54, 1.807) is 0 Å². The molecule has 328 valence electrons. The molecule has 9 aromatic carbocycles. The van der Waals surface area contributed by atoms with Crippen LogP contribution in [0.3, 0.4) is 0 Å². The lowest BCUT2D eigenvalue weighted by Gasteiger charge is -2.33. The highest BCUT2D eigenvalue weighted by Gasteiger charge is 2.44. The predicted octanol–water partition coefficient (Wildman–Crippen LogP) is 14.6. The molecule has 2 aliphatic rings. The van der Waals surface area contributed by atoms with Gasteiger partial charge in [-0.3, -0.25) is 4.57 Å². The first-order valence-electron chi connectivity index (χ1n) is 23.6. The summed E-state index contributed by atoms with van der Waals surface area (Å²) in [7, 11) is 0. The van der Waals surface area contributed by atoms with E-state index in [9.17, 15) is 0 Å². The quantitative estimate of drug-likeness (QED) is 0.147. The maximum Gasteiger partial charge on any atom is 0.238 e. The Morgan fingerprint density at radius 3 is 1.51 bits per heavy atom. The largest absolute Gasteiger partial charge is 0.331 e. The minimum atomic E-state index is -0.144. The van der Waals surface area contributed by atoms with E-state index in [1.165, 1.54) is 21.7 Å². The van der Waals surface area contributed by atoms with Crippen molar-refractivity contribution in [2.24, 2.45) is 0 Å². The number of nitrogens with zero attached hydrogens (tertiary/aromatic N) is 8. The van der Waals surface area contributed by atoms with Crippen molar-refractivity contribution in [2.75, 3.05) is 4.90 Å². The van der Waals surface area contributed by atoms with Crippen molar-refractivity contribution in [3.8, 4) is 62.9 Å². The topological polar surface area (TPSA) is 85.5 Å². The number of rotatable bonds is 7. The lowest BCUT2D eigenvalue weighted by molar-refractivity contribution is 0.630. The van der Waals surface area contributed by atoms with E-state index in [1.807, 2.05) is 78.9 Å². The molecule has 1 aliphatic heterocycles. The van der Waals surface area contributed by atoms with Gasteiger partial charge in [0.1, 0.15) is 0 Å². The number of benzene rings is 9. The second-order valence-corrected chi connectivity index (χ2v) is 17.9. The van der Waals surface area contributed by atoms with E-state index in [-0.39, 0.29) is 12.0 Å². The van der Waals surface area contributed by atoms with Crippen LogP contribution in [-0.2, 0) is 0 Å². The Kier molecular flexibility index (Phi) is 9.16. The van der Waals surface area contributed by atoms with Crippen molar-refractivity contribution < 1.29 is 0 Å². The second-order valence-electron chi connectivity index (χ2n) is 17.9. The van der Waals surface area contributed by atoms with Gasteiger partial charge >= 0.3 is 0 Å². The SMILES string of the molecule is C1=CC2c3ccccc3N(c3ccc(-c4nc(-c5ccccc5)nc(-c5ccccc5)n4)cc3)C2c2c1c1ccccc1n2-c1nc(-c2ccccc2)nc(-c2ccc3ccc4ccccc4c3c2)n1. The van der Waals surface area contributed by atoms with Crippen LogP contribution in [0, 0.1) is 0 Å². The lowest BCUT2D eigenvalue weighted by atomic mass is 9.86. The molecule has 0 bridgehead atoms. The fraction of sp³-hybridized carbons (Fsp3) is 0.0323. The molecule has 70 heavy (non-hydrogen) atoms. The summed E-state index contributed by atoms with van der Waals surface area (Å²) in [4.78, 5) is 33.6. The molecule has 8 nitrogen and oxygen atoms in total. The van der Waals surface area contributed by atoms with Crippen LogP contribution in [-0.4, -0.2) is 34.5 Å². The van der Waals surface area contributed by atoms with Gasteiger partial charge in [0.25, 0.3) is 0 Å². The fourth-order valence-electron chi connectivity index (χ4n) is 10.6. The Labute approximate surface area is 403 Å². The van der Waals surface area contributed by atoms with Crippen LogP contribution in [0.4, 0.5) is 11.4 Å². The second kappa shape index (κ2) is 16.1. The fourth-order valence-corrected chi connectivity index (χ4v) is 10.6. The van der Waals surface area contributed by atoms with Crippen molar-refractivity contribution in [1.29, 1.82) is 0 Å². The van der Waals surface area contributed by atoms with E-state index < -0.39 is 0 Å². The number of fused-ring (bicyclic) bond motifs is 10. The summed E-state index contributed by atoms with van der Waals surface area (Å²) in [6.07, 6.45) is 4.69. The van der Waals surface area contributed by atoms with Gasteiger partial charge in [0.15, 0.2) is 29.1 Å². The third-order valence-corrected chi connectivity index (χ3v) is 13.8. The molecule has 0 spiro atoms. The smallest absolute Gasteiger partial charge is 0.238 e. The molecule has 12 aromatic rings. The molecule has 0 amide bonds. The molecule has 2 unspecified atom stereocenters. The Balaban J connectivity index is 0.943. The number of para-hydroxylation sites is 2. The van der Waals surface area contributed by atoms with Gasteiger partial charge in [-0.1, -0.05) is 188 Å². The van der Waals surface area contributed by atoms with Crippen LogP contribution >= 0.6 is 0 Å². The van der Waals surface area contributed by atoms with Crippen molar-refractivity contribution in [1.82, 2.24) is 34.5 Å². The lowest BCUT2D eigenvalue weighted by Crippen LogP contribution is -2.26. The number of aromatic nitrogens is 7. The zero-order valence-corrected chi connectivity index (χ0v) is 37.7. The molecule has 0 radical (unpaired) electrons. The summed E-state index contributed by atoms with van der Waals surface area (Å²) < 4.78 is 2.30. The van der Waals surface area contributed by atoms with Gasteiger partial charge < -0.3 is 4.90 Å². The summed E-state index contributed by atoms with van der Waals surface area (Å²) in [5, 5.41) is 5.85. The van der Waals surface area contributed by atoms with Gasteiger partial charge in [0, 0.05) is 56.1 Å². The number of hydrogen-bond acceptors (Lipinski definition) is 7. The zero-order valence-electron chi connectivity index (χ0n) is 37.7. The third kappa shape index (κ3) is 6.53. The first kappa shape index (κ1) is 39.7. The predicted molar refractivity (Wildman–Crippen MR) is 282 cm³/mol. The Morgan fingerprint density at radius 1 is 0.371 bits per heavy atom. The highest BCUT2D eigenvalue weighted by atomic mass is 15.3. The Hall–Kier alpha value is -9.40. The molecule has 8 heteroatoms. The zero-order chi connectivity index (χ0) is 46.1. The van der Waals surface area contributed by atoms with E-state index in [2.05, 4.69) is 161 Å². The molecular weight excluding hydrogens is 857 g/mol. The Bertz CT molecular complexity index is 3960. The van der Waals surface area contributed by atoms with E-state index >= 15 is 0 Å². The molecule has 14 rings (SSSR count). The highest BCUT2D eigenvalue weighted by molar-refractivity contribution is 6.08. The van der Waals surface area contributed by atoms with Crippen LogP contribution in [0.1, 0.15) is 28.8 Å². The van der Waals surface area contributed by atoms with E-state index in [0.717, 1.165) is 66.7 Å². The molecule has 0 saturated heterocycles. The standard InChI is InChI=1S/C62H40N8/c1-4-17-41(18-5-1)57-63-58(42-19-6-2-7-20-42)65-59(64-57)44-32-34-46(35-33-44)69-53-26-14-12-24-48(53)50-36-37-51-49-25-13-15-27-54(49)70(56(51)55(50)69)62-67-60(43-21-8-3-9-22-43)66-61(68-62)45-31-30-40-29-28-39-16-10-11-23-47(39)52(40)38-45/h1-38,50,55H. The van der Waals surface area contributed by atoms with E-state index in [0.29, 0.717) is 35.1 Å². The summed E-state index contributed by atoms with van der Waals surface area (Å²) in [6.45, 7) is 0. The molecule has 0 saturated carbocycles. The maximum atomic E-state index is 5.46. The van der Waals surface area contributed by atoms with Gasteiger partial charge in [-0.15, -0.1) is 0 Å². The summed E-state index contributed by atoms with van der Waals surface area (Å²) in [5.74, 6) is 3.70. The summed E-state index contributed by atoms with van der Waals surface area (Å²) >= 11 is 0. The third-order valence-electron chi connectivity index (χ3n) is 13.8. The molecule has 0 fully saturated rings. The van der Waals surface area contributed by atoms with E-state index in [4.69, 9.17) is 29.9 Å². The molecule has 2 atom stereocenters. The monoisotopic (exact) mass is 896 g/mol. The van der Waals surface area contributed by atoms with Crippen molar-refractivity contribution in [3.63, 3.8) is 0 Å². The van der Waals surface area contributed by atoms with Gasteiger partial charge in [-0.05, 0) is 69.6 Å². The molecule has 3 aromatic heterocycles. The van der Waals surface area contributed by atoms with Crippen molar-refractivity contribution >= 4 is 49.9 Å². The van der Waals surface area contributed by atoms with Crippen LogP contribution in [0.25, 0.3) is 101 Å². The first-order valence-corrected chi connectivity index (χ1v) is 23.6. The summed E-state index contributed by atoms with van der Waals surface area (Å²) in [5.41, 5.74) is 11.4. The Morgan fingerprint density at radius 2 is 0.857 bits per heavy atom. The van der Waals surface area contributed by atoms with Gasteiger partial charge in [0.2, 0.25) is 5.95 Å². The minimum Gasteiger partial charge on any atom is -0.331 e. The van der Waals surface area contributed by atoms with Gasteiger partial charge in [-0.25, -0.2) is 19.9 Å². The molecular formula is C62H40N8.